The van der Waals surface area contributed by atoms with Crippen molar-refractivity contribution in [3.05, 3.63) is 35.4 Å². The number of hydrogen-bond acceptors (Lipinski definition) is 4. The number of likely N-dealkylation sites (tertiary alicyclic amines) is 1. The molecule has 3 fully saturated rings. The van der Waals surface area contributed by atoms with Crippen molar-refractivity contribution in [2.24, 2.45) is 5.92 Å². The molecule has 6 nitrogen and oxygen atoms in total. The zero-order valence-electron chi connectivity index (χ0n) is 18.0. The van der Waals surface area contributed by atoms with Crippen LogP contribution < -0.4 is 5.32 Å². The first kappa shape index (κ1) is 21.3. The number of nitrogens with one attached hydrogen (secondary N) is 1. The van der Waals surface area contributed by atoms with Gasteiger partial charge in [-0.2, -0.15) is 0 Å². The number of hydrogen-bond donors (Lipinski definition) is 1. The molecule has 2 heterocycles. The van der Waals surface area contributed by atoms with Crippen molar-refractivity contribution < 1.29 is 14.3 Å². The first-order chi connectivity index (χ1) is 14.7. The van der Waals surface area contributed by atoms with E-state index in [9.17, 15) is 9.59 Å². The van der Waals surface area contributed by atoms with Gasteiger partial charge >= 0.3 is 0 Å². The van der Waals surface area contributed by atoms with Gasteiger partial charge in [-0.3, -0.25) is 14.5 Å². The fourth-order valence-electron chi connectivity index (χ4n) is 4.91. The lowest BCUT2D eigenvalue weighted by atomic mass is 9.88. The maximum atomic E-state index is 13.0. The van der Waals surface area contributed by atoms with Crippen LogP contribution in [0.5, 0.6) is 0 Å². The van der Waals surface area contributed by atoms with Gasteiger partial charge in [-0.1, -0.05) is 31.4 Å². The quantitative estimate of drug-likeness (QED) is 0.806. The van der Waals surface area contributed by atoms with E-state index in [-0.39, 0.29) is 23.8 Å². The van der Waals surface area contributed by atoms with Crippen molar-refractivity contribution in [1.29, 1.82) is 0 Å². The Hall–Kier alpha value is -1.92. The van der Waals surface area contributed by atoms with Crippen molar-refractivity contribution in [2.45, 2.75) is 57.5 Å². The van der Waals surface area contributed by atoms with Crippen LogP contribution in [0, 0.1) is 5.92 Å². The number of carbonyl (C=O) groups excluding carboxylic acids is 2. The number of ether oxygens (including phenoxy) is 1. The summed E-state index contributed by atoms with van der Waals surface area (Å²) in [5, 5.41) is 3.25. The standard InChI is InChI=1S/C24H35N3O3/c28-23(20-6-2-1-3-7-20)25-22-9-11-27(12-10-22)24(29)21-8-4-5-19(17-21)18-26-13-15-30-16-14-26/h4-5,8,17,20,22H,1-3,6-7,9-16,18H2,(H,25,28). The Kier molecular flexibility index (Phi) is 7.39. The molecule has 1 saturated carbocycles. The van der Waals surface area contributed by atoms with E-state index in [2.05, 4.69) is 16.3 Å². The molecular formula is C24H35N3O3. The molecule has 0 unspecified atom stereocenters. The molecule has 1 N–H and O–H groups in total. The van der Waals surface area contributed by atoms with E-state index < -0.39 is 0 Å². The molecule has 2 amide bonds. The third-order valence-electron chi connectivity index (χ3n) is 6.79. The lowest BCUT2D eigenvalue weighted by Gasteiger charge is -2.33. The summed E-state index contributed by atoms with van der Waals surface area (Å²) in [5.74, 6) is 0.541. The van der Waals surface area contributed by atoms with Crippen LogP contribution in [0.4, 0.5) is 0 Å². The predicted octanol–water partition coefficient (Wildman–Crippen LogP) is 2.82. The van der Waals surface area contributed by atoms with Crippen LogP contribution in [-0.2, 0) is 16.1 Å². The average Bonchev–Trinajstić information content (AvgIpc) is 2.80. The predicted molar refractivity (Wildman–Crippen MR) is 116 cm³/mol. The zero-order valence-corrected chi connectivity index (χ0v) is 18.0. The van der Waals surface area contributed by atoms with Gasteiger partial charge in [-0.15, -0.1) is 0 Å². The van der Waals surface area contributed by atoms with E-state index in [4.69, 9.17) is 4.74 Å². The lowest BCUT2D eigenvalue weighted by Crippen LogP contribution is -2.48. The van der Waals surface area contributed by atoms with Crippen molar-refractivity contribution in [2.75, 3.05) is 39.4 Å². The molecule has 1 aliphatic carbocycles. The van der Waals surface area contributed by atoms with Gasteiger partial charge in [0.1, 0.15) is 0 Å². The molecule has 2 saturated heterocycles. The van der Waals surface area contributed by atoms with E-state index in [0.29, 0.717) is 13.1 Å². The molecule has 0 atom stereocenters. The molecule has 0 aromatic heterocycles. The summed E-state index contributed by atoms with van der Waals surface area (Å²) in [6, 6.07) is 8.24. The number of morpholine rings is 1. The van der Waals surface area contributed by atoms with E-state index in [0.717, 1.165) is 64.1 Å². The molecule has 6 heteroatoms. The molecular weight excluding hydrogens is 378 g/mol. The molecule has 164 valence electrons. The van der Waals surface area contributed by atoms with Crippen LogP contribution in [0.2, 0.25) is 0 Å². The monoisotopic (exact) mass is 413 g/mol. The highest BCUT2D eigenvalue weighted by molar-refractivity contribution is 5.94. The molecule has 0 radical (unpaired) electrons. The second-order valence-electron chi connectivity index (χ2n) is 9.00. The molecule has 1 aromatic carbocycles. The summed E-state index contributed by atoms with van der Waals surface area (Å²) in [5.41, 5.74) is 1.95. The van der Waals surface area contributed by atoms with E-state index in [1.54, 1.807) is 0 Å². The maximum Gasteiger partial charge on any atom is 0.253 e. The minimum Gasteiger partial charge on any atom is -0.379 e. The maximum absolute atomic E-state index is 13.0. The molecule has 3 aliphatic rings. The number of piperidine rings is 1. The molecule has 1 aromatic rings. The van der Waals surface area contributed by atoms with Gasteiger partial charge in [0, 0.05) is 50.2 Å². The molecule has 4 rings (SSSR count). The normalized spacial score (nSPS) is 22.1. The summed E-state index contributed by atoms with van der Waals surface area (Å²) in [6.07, 6.45) is 7.37. The van der Waals surface area contributed by atoms with Gasteiger partial charge in [0.25, 0.3) is 5.91 Å². The minimum absolute atomic E-state index is 0.107. The van der Waals surface area contributed by atoms with E-state index in [1.165, 1.54) is 24.8 Å². The van der Waals surface area contributed by atoms with Crippen LogP contribution >= 0.6 is 0 Å². The first-order valence-electron chi connectivity index (χ1n) is 11.7. The lowest BCUT2D eigenvalue weighted by molar-refractivity contribution is -0.126. The molecule has 0 bridgehead atoms. The van der Waals surface area contributed by atoms with Crippen LogP contribution in [0.15, 0.2) is 24.3 Å². The van der Waals surface area contributed by atoms with Gasteiger partial charge in [-0.05, 0) is 43.4 Å². The van der Waals surface area contributed by atoms with Crippen LogP contribution in [0.1, 0.15) is 60.9 Å². The smallest absolute Gasteiger partial charge is 0.253 e. The summed E-state index contributed by atoms with van der Waals surface area (Å²) in [7, 11) is 0. The Morgan fingerprint density at radius 2 is 1.70 bits per heavy atom. The highest BCUT2D eigenvalue weighted by Gasteiger charge is 2.27. The minimum atomic E-state index is 0.107. The van der Waals surface area contributed by atoms with Crippen LogP contribution in [-0.4, -0.2) is 67.0 Å². The van der Waals surface area contributed by atoms with Gasteiger partial charge in [-0.25, -0.2) is 0 Å². The average molecular weight is 414 g/mol. The highest BCUT2D eigenvalue weighted by Crippen LogP contribution is 2.24. The first-order valence-corrected chi connectivity index (χ1v) is 11.7. The van der Waals surface area contributed by atoms with Crippen molar-refractivity contribution >= 4 is 11.8 Å². The van der Waals surface area contributed by atoms with Gasteiger partial charge < -0.3 is 15.0 Å². The number of benzene rings is 1. The largest absolute Gasteiger partial charge is 0.379 e. The summed E-state index contributed by atoms with van der Waals surface area (Å²) < 4.78 is 5.42. The van der Waals surface area contributed by atoms with Crippen molar-refractivity contribution in [1.82, 2.24) is 15.1 Å². The third kappa shape index (κ3) is 5.61. The molecule has 30 heavy (non-hydrogen) atoms. The van der Waals surface area contributed by atoms with Gasteiger partial charge in [0.05, 0.1) is 13.2 Å². The number of nitrogens with zero attached hydrogens (tertiary/aromatic N) is 2. The highest BCUT2D eigenvalue weighted by atomic mass is 16.5. The second kappa shape index (κ2) is 10.4. The Balaban J connectivity index is 1.26. The van der Waals surface area contributed by atoms with Crippen molar-refractivity contribution in [3.8, 4) is 0 Å². The summed E-state index contributed by atoms with van der Waals surface area (Å²) >= 11 is 0. The topological polar surface area (TPSA) is 61.9 Å². The Morgan fingerprint density at radius 1 is 0.967 bits per heavy atom. The fourth-order valence-corrected chi connectivity index (χ4v) is 4.91. The SMILES string of the molecule is O=C(NC1CCN(C(=O)c2cccc(CN3CCOCC3)c2)CC1)C1CCCCC1. The van der Waals surface area contributed by atoms with Gasteiger partial charge in [0.15, 0.2) is 0 Å². The number of carbonyl (C=O) groups is 2. The fraction of sp³-hybridized carbons (Fsp3) is 0.667. The molecule has 2 aliphatic heterocycles. The van der Waals surface area contributed by atoms with E-state index >= 15 is 0 Å². The van der Waals surface area contributed by atoms with Crippen LogP contribution in [0.3, 0.4) is 0 Å². The molecule has 0 spiro atoms. The van der Waals surface area contributed by atoms with E-state index in [1.807, 2.05) is 23.1 Å². The van der Waals surface area contributed by atoms with Crippen molar-refractivity contribution in [3.63, 3.8) is 0 Å². The summed E-state index contributed by atoms with van der Waals surface area (Å²) in [6.45, 7) is 5.73. The Morgan fingerprint density at radius 3 is 2.43 bits per heavy atom. The second-order valence-corrected chi connectivity index (χ2v) is 9.00. The zero-order chi connectivity index (χ0) is 20.8. The number of rotatable bonds is 5. The summed E-state index contributed by atoms with van der Waals surface area (Å²) in [4.78, 5) is 29.8. The number of amides is 2. The van der Waals surface area contributed by atoms with Crippen LogP contribution in [0.25, 0.3) is 0 Å². The Bertz CT molecular complexity index is 718. The Labute approximate surface area is 179 Å². The van der Waals surface area contributed by atoms with Gasteiger partial charge in [0.2, 0.25) is 5.91 Å². The third-order valence-corrected chi connectivity index (χ3v) is 6.79.